The van der Waals surface area contributed by atoms with Crippen LogP contribution in [0.15, 0.2) is 218 Å². The summed E-state index contributed by atoms with van der Waals surface area (Å²) in [5.41, 5.74) is 19.3. The van der Waals surface area contributed by atoms with Crippen molar-refractivity contribution in [3.63, 3.8) is 0 Å². The number of fused-ring (bicyclic) bond motifs is 6. The van der Waals surface area contributed by atoms with Gasteiger partial charge in [-0.25, -0.2) is 0 Å². The third kappa shape index (κ3) is 5.71. The summed E-state index contributed by atoms with van der Waals surface area (Å²) in [6.45, 7) is 4.72. The number of aromatic nitrogens is 1. The molecule has 0 radical (unpaired) electrons. The maximum absolute atomic E-state index is 2.46. The van der Waals surface area contributed by atoms with Crippen molar-refractivity contribution >= 4 is 38.9 Å². The first-order valence-corrected chi connectivity index (χ1v) is 20.5. The molecule has 1 aliphatic carbocycles. The maximum Gasteiger partial charge on any atom is 0.0562 e. The summed E-state index contributed by atoms with van der Waals surface area (Å²) >= 11 is 0. The number of para-hydroxylation sites is 2. The van der Waals surface area contributed by atoms with Crippen LogP contribution in [0.25, 0.3) is 72.0 Å². The third-order valence-electron chi connectivity index (χ3n) is 12.4. The third-order valence-corrected chi connectivity index (χ3v) is 12.4. The zero-order valence-electron chi connectivity index (χ0n) is 33.2. The van der Waals surface area contributed by atoms with Gasteiger partial charge in [-0.15, -0.1) is 0 Å². The van der Waals surface area contributed by atoms with Gasteiger partial charge in [0, 0.05) is 38.8 Å². The molecule has 0 bridgehead atoms. The maximum atomic E-state index is 2.46. The molecular formula is C57H42N2. The fraction of sp³-hybridized carbons (Fsp3) is 0.0526. The van der Waals surface area contributed by atoms with E-state index in [1.807, 2.05) is 0 Å². The quantitative estimate of drug-likeness (QED) is 0.157. The Kier molecular flexibility index (Phi) is 8.20. The number of hydrogen-bond donors (Lipinski definition) is 0. The van der Waals surface area contributed by atoms with E-state index in [1.54, 1.807) is 0 Å². The van der Waals surface area contributed by atoms with E-state index in [-0.39, 0.29) is 5.41 Å². The molecular weight excluding hydrogens is 713 g/mol. The van der Waals surface area contributed by atoms with Crippen molar-refractivity contribution in [1.82, 2.24) is 4.57 Å². The Morgan fingerprint density at radius 1 is 0.339 bits per heavy atom. The highest BCUT2D eigenvalue weighted by atomic mass is 15.1. The first-order valence-electron chi connectivity index (χ1n) is 20.5. The highest BCUT2D eigenvalue weighted by Crippen LogP contribution is 2.51. The van der Waals surface area contributed by atoms with Crippen LogP contribution >= 0.6 is 0 Å². The highest BCUT2D eigenvalue weighted by Gasteiger charge is 2.35. The summed E-state index contributed by atoms with van der Waals surface area (Å²) < 4.78 is 2.46. The van der Waals surface area contributed by atoms with Crippen molar-refractivity contribution in [3.05, 3.63) is 230 Å². The molecule has 0 fully saturated rings. The molecule has 1 aliphatic rings. The van der Waals surface area contributed by atoms with Crippen LogP contribution in [0.2, 0.25) is 0 Å². The van der Waals surface area contributed by atoms with Gasteiger partial charge in [-0.05, 0) is 98.6 Å². The molecule has 0 saturated heterocycles. The summed E-state index contributed by atoms with van der Waals surface area (Å²) in [4.78, 5) is 2.44. The van der Waals surface area contributed by atoms with Crippen molar-refractivity contribution in [2.24, 2.45) is 0 Å². The normalized spacial score (nSPS) is 12.7. The second-order valence-electron chi connectivity index (χ2n) is 16.1. The first-order chi connectivity index (χ1) is 29.0. The molecule has 10 aromatic rings. The molecule has 59 heavy (non-hydrogen) atoms. The van der Waals surface area contributed by atoms with E-state index >= 15 is 0 Å². The van der Waals surface area contributed by atoms with Gasteiger partial charge in [-0.2, -0.15) is 0 Å². The molecule has 0 N–H and O–H groups in total. The monoisotopic (exact) mass is 754 g/mol. The standard InChI is InChI=1S/C57H42N2/c1-57(2)52-26-14-11-24-48(52)49-35-33-43(37-53(49)57)58(42-31-29-41(30-32-42)46-22-10-9-21-45(46)39-17-5-3-6-18-39)44-34-36-51-50-25-13-16-28-55(50)59(56(51)38-44)54-27-15-12-23-47(54)40-19-7-4-8-20-40/h3-38H,1-2H3. The van der Waals surface area contributed by atoms with Crippen LogP contribution in [0.5, 0.6) is 0 Å². The van der Waals surface area contributed by atoms with Crippen LogP contribution in [0.1, 0.15) is 25.0 Å². The minimum atomic E-state index is -0.129. The van der Waals surface area contributed by atoms with Crippen molar-refractivity contribution < 1.29 is 0 Å². The van der Waals surface area contributed by atoms with E-state index < -0.39 is 0 Å². The number of nitrogens with zero attached hydrogens (tertiary/aromatic N) is 2. The Morgan fingerprint density at radius 2 is 0.831 bits per heavy atom. The van der Waals surface area contributed by atoms with Gasteiger partial charge in [0.15, 0.2) is 0 Å². The molecule has 9 aromatic carbocycles. The Morgan fingerprint density at radius 3 is 1.56 bits per heavy atom. The zero-order chi connectivity index (χ0) is 39.5. The largest absolute Gasteiger partial charge is 0.310 e. The lowest BCUT2D eigenvalue weighted by atomic mass is 9.82. The van der Waals surface area contributed by atoms with Gasteiger partial charge in [-0.1, -0.05) is 184 Å². The molecule has 280 valence electrons. The topological polar surface area (TPSA) is 8.17 Å². The predicted octanol–water partition coefficient (Wildman–Crippen LogP) is 15.6. The Bertz CT molecular complexity index is 3170. The molecule has 0 spiro atoms. The van der Waals surface area contributed by atoms with Gasteiger partial charge < -0.3 is 9.47 Å². The summed E-state index contributed by atoms with van der Waals surface area (Å²) in [5, 5.41) is 2.47. The van der Waals surface area contributed by atoms with Crippen LogP contribution in [0.3, 0.4) is 0 Å². The van der Waals surface area contributed by atoms with Gasteiger partial charge in [0.05, 0.1) is 16.7 Å². The lowest BCUT2D eigenvalue weighted by Gasteiger charge is -2.28. The minimum absolute atomic E-state index is 0.129. The molecule has 0 unspecified atom stereocenters. The van der Waals surface area contributed by atoms with E-state index in [0.29, 0.717) is 0 Å². The average Bonchev–Trinajstić information content (AvgIpc) is 3.75. The van der Waals surface area contributed by atoms with Crippen molar-refractivity contribution in [2.45, 2.75) is 19.3 Å². The molecule has 0 amide bonds. The minimum Gasteiger partial charge on any atom is -0.310 e. The fourth-order valence-electron chi connectivity index (χ4n) is 9.56. The van der Waals surface area contributed by atoms with E-state index in [9.17, 15) is 0 Å². The molecule has 11 rings (SSSR count). The van der Waals surface area contributed by atoms with E-state index in [2.05, 4.69) is 242 Å². The first kappa shape index (κ1) is 34.8. The lowest BCUT2D eigenvalue weighted by Crippen LogP contribution is -2.16. The Balaban J connectivity index is 1.12. The molecule has 1 heterocycles. The highest BCUT2D eigenvalue weighted by molar-refractivity contribution is 6.11. The molecule has 0 saturated carbocycles. The van der Waals surface area contributed by atoms with Crippen molar-refractivity contribution in [1.29, 1.82) is 0 Å². The molecule has 0 aliphatic heterocycles. The van der Waals surface area contributed by atoms with Gasteiger partial charge in [-0.3, -0.25) is 0 Å². The lowest BCUT2D eigenvalue weighted by molar-refractivity contribution is 0.660. The summed E-state index contributed by atoms with van der Waals surface area (Å²) in [6, 6.07) is 79.8. The van der Waals surface area contributed by atoms with Crippen LogP contribution in [-0.2, 0) is 5.41 Å². The summed E-state index contributed by atoms with van der Waals surface area (Å²) in [7, 11) is 0. The molecule has 0 atom stereocenters. The van der Waals surface area contributed by atoms with Crippen molar-refractivity contribution in [2.75, 3.05) is 4.90 Å². The second kappa shape index (κ2) is 13.9. The number of rotatable bonds is 7. The number of anilines is 3. The van der Waals surface area contributed by atoms with E-state index in [0.717, 1.165) is 22.7 Å². The zero-order valence-corrected chi connectivity index (χ0v) is 33.2. The van der Waals surface area contributed by atoms with Crippen LogP contribution in [0.4, 0.5) is 17.1 Å². The van der Waals surface area contributed by atoms with Crippen molar-refractivity contribution in [3.8, 4) is 50.2 Å². The second-order valence-corrected chi connectivity index (χ2v) is 16.1. The van der Waals surface area contributed by atoms with Gasteiger partial charge in [0.1, 0.15) is 0 Å². The van der Waals surface area contributed by atoms with Gasteiger partial charge >= 0.3 is 0 Å². The van der Waals surface area contributed by atoms with Gasteiger partial charge in [0.25, 0.3) is 0 Å². The van der Waals surface area contributed by atoms with Crippen LogP contribution < -0.4 is 4.90 Å². The number of benzene rings is 9. The summed E-state index contributed by atoms with van der Waals surface area (Å²) in [5.74, 6) is 0. The Labute approximate surface area is 345 Å². The molecule has 2 nitrogen and oxygen atoms in total. The molecule has 2 heteroatoms. The fourth-order valence-corrected chi connectivity index (χ4v) is 9.56. The average molecular weight is 755 g/mol. The van der Waals surface area contributed by atoms with E-state index in [1.165, 1.54) is 77.4 Å². The van der Waals surface area contributed by atoms with Crippen LogP contribution in [0, 0.1) is 0 Å². The SMILES string of the molecule is CC1(C)c2ccccc2-c2ccc(N(c3ccc(-c4ccccc4-c4ccccc4)cc3)c3ccc4c5ccccc5n(-c5ccccc5-c5ccccc5)c4c3)cc21. The molecule has 1 aromatic heterocycles. The van der Waals surface area contributed by atoms with Gasteiger partial charge in [0.2, 0.25) is 0 Å². The van der Waals surface area contributed by atoms with Crippen LogP contribution in [-0.4, -0.2) is 4.57 Å². The number of hydrogen-bond acceptors (Lipinski definition) is 1. The predicted molar refractivity (Wildman–Crippen MR) is 249 cm³/mol. The van der Waals surface area contributed by atoms with E-state index in [4.69, 9.17) is 0 Å². The Hall–Kier alpha value is -7.42. The summed E-state index contributed by atoms with van der Waals surface area (Å²) in [6.07, 6.45) is 0. The smallest absolute Gasteiger partial charge is 0.0562 e.